The number of nitrogens with one attached hydrogen (secondary N) is 1. The fourth-order valence-electron chi connectivity index (χ4n) is 2.94. The van der Waals surface area contributed by atoms with Crippen LogP contribution in [0.3, 0.4) is 0 Å². The molecule has 6 nitrogen and oxygen atoms in total. The van der Waals surface area contributed by atoms with Gasteiger partial charge < -0.3 is 14.4 Å². The SMILES string of the molecule is COc1cc(C)c(C)cc1S(=O)(=O)Nc1cc(N2CCOCC2)ccc1F. The molecule has 0 radical (unpaired) electrons. The van der Waals surface area contributed by atoms with Crippen molar-refractivity contribution in [2.75, 3.05) is 43.0 Å². The van der Waals surface area contributed by atoms with E-state index in [-0.39, 0.29) is 16.3 Å². The molecule has 0 aromatic heterocycles. The Morgan fingerprint density at radius 3 is 2.44 bits per heavy atom. The third-order valence-corrected chi connectivity index (χ3v) is 6.03. The van der Waals surface area contributed by atoms with Gasteiger partial charge in [0.1, 0.15) is 16.5 Å². The molecule has 0 unspecified atom stereocenters. The molecule has 3 rings (SSSR count). The Bertz CT molecular complexity index is 941. The van der Waals surface area contributed by atoms with Gasteiger partial charge in [0.2, 0.25) is 0 Å². The predicted molar refractivity (Wildman–Crippen MR) is 103 cm³/mol. The number of benzene rings is 2. The topological polar surface area (TPSA) is 67.9 Å². The summed E-state index contributed by atoms with van der Waals surface area (Å²) in [6.07, 6.45) is 0. The molecule has 0 amide bonds. The normalized spacial score (nSPS) is 14.9. The second-order valence-electron chi connectivity index (χ2n) is 6.46. The molecular formula is C19H23FN2O4S. The summed E-state index contributed by atoms with van der Waals surface area (Å²) < 4.78 is 53.0. The van der Waals surface area contributed by atoms with E-state index < -0.39 is 15.8 Å². The molecule has 1 aliphatic heterocycles. The number of anilines is 2. The van der Waals surface area contributed by atoms with E-state index >= 15 is 0 Å². The zero-order valence-electron chi connectivity index (χ0n) is 15.6. The lowest BCUT2D eigenvalue weighted by atomic mass is 10.1. The van der Waals surface area contributed by atoms with Crippen molar-refractivity contribution in [3.63, 3.8) is 0 Å². The van der Waals surface area contributed by atoms with E-state index in [4.69, 9.17) is 9.47 Å². The van der Waals surface area contributed by atoms with Crippen LogP contribution >= 0.6 is 0 Å². The predicted octanol–water partition coefficient (Wildman–Crippen LogP) is 3.09. The summed E-state index contributed by atoms with van der Waals surface area (Å²) in [6, 6.07) is 7.59. The fourth-order valence-corrected chi connectivity index (χ4v) is 4.24. The molecule has 0 bridgehead atoms. The minimum absolute atomic E-state index is 0.0238. The van der Waals surface area contributed by atoms with Gasteiger partial charge in [-0.3, -0.25) is 4.72 Å². The highest BCUT2D eigenvalue weighted by Crippen LogP contribution is 2.31. The molecule has 2 aromatic carbocycles. The number of methoxy groups -OCH3 is 1. The van der Waals surface area contributed by atoms with Crippen molar-refractivity contribution >= 4 is 21.4 Å². The molecule has 0 atom stereocenters. The van der Waals surface area contributed by atoms with Gasteiger partial charge in [-0.15, -0.1) is 0 Å². The van der Waals surface area contributed by atoms with Crippen LogP contribution in [0.25, 0.3) is 0 Å². The van der Waals surface area contributed by atoms with Crippen LogP contribution in [-0.4, -0.2) is 41.8 Å². The number of hydrogen-bond acceptors (Lipinski definition) is 5. The third-order valence-electron chi connectivity index (χ3n) is 4.64. The van der Waals surface area contributed by atoms with Gasteiger partial charge in [0.25, 0.3) is 10.0 Å². The Kier molecular flexibility index (Phi) is 5.57. The van der Waals surface area contributed by atoms with Crippen LogP contribution in [0.15, 0.2) is 35.2 Å². The molecule has 0 saturated carbocycles. The van der Waals surface area contributed by atoms with E-state index in [1.807, 2.05) is 18.7 Å². The minimum Gasteiger partial charge on any atom is -0.495 e. The molecule has 1 heterocycles. The molecule has 1 aliphatic rings. The Morgan fingerprint density at radius 2 is 1.78 bits per heavy atom. The maximum absolute atomic E-state index is 14.3. The molecule has 1 saturated heterocycles. The maximum Gasteiger partial charge on any atom is 0.265 e. The Morgan fingerprint density at radius 1 is 1.11 bits per heavy atom. The smallest absolute Gasteiger partial charge is 0.265 e. The van der Waals surface area contributed by atoms with Gasteiger partial charge >= 0.3 is 0 Å². The number of nitrogens with zero attached hydrogens (tertiary/aromatic N) is 1. The van der Waals surface area contributed by atoms with Gasteiger partial charge in [-0.25, -0.2) is 12.8 Å². The second-order valence-corrected chi connectivity index (χ2v) is 8.11. The summed E-state index contributed by atoms with van der Waals surface area (Å²) in [5.41, 5.74) is 2.36. The first-order chi connectivity index (χ1) is 12.8. The van der Waals surface area contributed by atoms with Crippen LogP contribution in [0.4, 0.5) is 15.8 Å². The molecule has 27 heavy (non-hydrogen) atoms. The van der Waals surface area contributed by atoms with Gasteiger partial charge in [-0.1, -0.05) is 0 Å². The van der Waals surface area contributed by atoms with E-state index in [1.54, 1.807) is 12.1 Å². The van der Waals surface area contributed by atoms with E-state index in [1.165, 1.54) is 25.3 Å². The lowest BCUT2D eigenvalue weighted by Gasteiger charge is -2.29. The number of morpholine rings is 1. The number of aryl methyl sites for hydroxylation is 2. The van der Waals surface area contributed by atoms with E-state index in [9.17, 15) is 12.8 Å². The average Bonchev–Trinajstić information content (AvgIpc) is 2.65. The van der Waals surface area contributed by atoms with Crippen LogP contribution in [-0.2, 0) is 14.8 Å². The average molecular weight is 394 g/mol. The molecule has 1 fully saturated rings. The minimum atomic E-state index is -4.02. The number of sulfonamides is 1. The van der Waals surface area contributed by atoms with Crippen LogP contribution in [0.1, 0.15) is 11.1 Å². The van der Waals surface area contributed by atoms with Gasteiger partial charge in [0.05, 0.1) is 26.0 Å². The Balaban J connectivity index is 1.95. The fraction of sp³-hybridized carbons (Fsp3) is 0.368. The van der Waals surface area contributed by atoms with Crippen molar-refractivity contribution in [1.29, 1.82) is 0 Å². The van der Waals surface area contributed by atoms with Crippen LogP contribution < -0.4 is 14.4 Å². The number of rotatable bonds is 5. The van der Waals surface area contributed by atoms with Crippen LogP contribution in [0.5, 0.6) is 5.75 Å². The van der Waals surface area contributed by atoms with Crippen molar-refractivity contribution in [2.24, 2.45) is 0 Å². The molecule has 0 aliphatic carbocycles. The van der Waals surface area contributed by atoms with Crippen molar-refractivity contribution in [3.05, 3.63) is 47.3 Å². The summed E-state index contributed by atoms with van der Waals surface area (Å²) in [5, 5.41) is 0. The van der Waals surface area contributed by atoms with Crippen LogP contribution in [0.2, 0.25) is 0 Å². The van der Waals surface area contributed by atoms with Gasteiger partial charge in [-0.05, 0) is 55.3 Å². The van der Waals surface area contributed by atoms with E-state index in [0.29, 0.717) is 26.3 Å². The first-order valence-corrected chi connectivity index (χ1v) is 10.1. The quantitative estimate of drug-likeness (QED) is 0.844. The van der Waals surface area contributed by atoms with Crippen molar-refractivity contribution in [3.8, 4) is 5.75 Å². The van der Waals surface area contributed by atoms with Gasteiger partial charge in [-0.2, -0.15) is 0 Å². The van der Waals surface area contributed by atoms with E-state index in [2.05, 4.69) is 4.72 Å². The number of hydrogen-bond donors (Lipinski definition) is 1. The number of ether oxygens (including phenoxy) is 2. The maximum atomic E-state index is 14.3. The van der Waals surface area contributed by atoms with Crippen molar-refractivity contribution in [2.45, 2.75) is 18.7 Å². The molecule has 1 N–H and O–H groups in total. The Labute approximate surface area is 159 Å². The van der Waals surface area contributed by atoms with Gasteiger partial charge in [0.15, 0.2) is 0 Å². The molecule has 2 aromatic rings. The highest BCUT2D eigenvalue weighted by molar-refractivity contribution is 7.92. The summed E-state index contributed by atoms with van der Waals surface area (Å²) in [5.74, 6) is -0.422. The second kappa shape index (κ2) is 7.74. The van der Waals surface area contributed by atoms with Crippen molar-refractivity contribution in [1.82, 2.24) is 0 Å². The summed E-state index contributed by atoms with van der Waals surface area (Å²) in [4.78, 5) is 2.00. The van der Waals surface area contributed by atoms with E-state index in [0.717, 1.165) is 16.8 Å². The third kappa shape index (κ3) is 4.17. The summed E-state index contributed by atoms with van der Waals surface area (Å²) in [6.45, 7) is 6.18. The highest BCUT2D eigenvalue weighted by atomic mass is 32.2. The molecule has 8 heteroatoms. The summed E-state index contributed by atoms with van der Waals surface area (Å²) in [7, 11) is -2.62. The monoisotopic (exact) mass is 394 g/mol. The van der Waals surface area contributed by atoms with Crippen LogP contribution in [0, 0.1) is 19.7 Å². The zero-order chi connectivity index (χ0) is 19.6. The van der Waals surface area contributed by atoms with Gasteiger partial charge in [0, 0.05) is 18.8 Å². The Hall–Kier alpha value is -2.32. The zero-order valence-corrected chi connectivity index (χ0v) is 16.4. The first-order valence-electron chi connectivity index (χ1n) is 8.62. The lowest BCUT2D eigenvalue weighted by molar-refractivity contribution is 0.122. The number of halogens is 1. The summed E-state index contributed by atoms with van der Waals surface area (Å²) >= 11 is 0. The largest absolute Gasteiger partial charge is 0.495 e. The lowest BCUT2D eigenvalue weighted by Crippen LogP contribution is -2.36. The molecule has 146 valence electrons. The van der Waals surface area contributed by atoms with Crippen molar-refractivity contribution < 1.29 is 22.3 Å². The molecule has 0 spiro atoms. The first kappa shape index (κ1) is 19.4. The standard InChI is InChI=1S/C19H23FN2O4S/c1-13-10-18(25-3)19(11-14(13)2)27(23,24)21-17-12-15(4-5-16(17)20)22-6-8-26-9-7-22/h4-5,10-12,21H,6-9H2,1-3H3. The molecular weight excluding hydrogens is 371 g/mol. The highest BCUT2D eigenvalue weighted by Gasteiger charge is 2.23.